The van der Waals surface area contributed by atoms with E-state index in [1.54, 1.807) is 18.2 Å². The third-order valence-electron chi connectivity index (χ3n) is 4.82. The SMILES string of the molecule is C=CCn1c(C)nn(CN2CCN(c3ccc(C(C)=O)cc3F)CC2)c1=S. The third kappa shape index (κ3) is 4.17. The molecular weight excluding hydrogens is 365 g/mol. The van der Waals surface area contributed by atoms with E-state index >= 15 is 0 Å². The minimum Gasteiger partial charge on any atom is -0.367 e. The van der Waals surface area contributed by atoms with Gasteiger partial charge in [-0.15, -0.1) is 6.58 Å². The van der Waals surface area contributed by atoms with Crippen LogP contribution in [0.1, 0.15) is 23.1 Å². The van der Waals surface area contributed by atoms with Crippen molar-refractivity contribution in [1.82, 2.24) is 19.2 Å². The van der Waals surface area contributed by atoms with E-state index in [-0.39, 0.29) is 11.6 Å². The molecule has 0 amide bonds. The fourth-order valence-electron chi connectivity index (χ4n) is 3.28. The summed E-state index contributed by atoms with van der Waals surface area (Å²) < 4.78 is 18.8. The van der Waals surface area contributed by atoms with Crippen LogP contribution in [-0.2, 0) is 13.2 Å². The fourth-order valence-corrected chi connectivity index (χ4v) is 3.59. The van der Waals surface area contributed by atoms with E-state index in [9.17, 15) is 9.18 Å². The van der Waals surface area contributed by atoms with Crippen molar-refractivity contribution in [3.05, 3.63) is 52.8 Å². The first-order chi connectivity index (χ1) is 12.9. The van der Waals surface area contributed by atoms with Crippen molar-refractivity contribution in [3.63, 3.8) is 0 Å². The van der Waals surface area contributed by atoms with Gasteiger partial charge in [-0.1, -0.05) is 6.08 Å². The van der Waals surface area contributed by atoms with E-state index in [1.165, 1.54) is 13.0 Å². The largest absolute Gasteiger partial charge is 0.367 e. The molecule has 0 N–H and O–H groups in total. The molecule has 1 saturated heterocycles. The number of anilines is 1. The lowest BCUT2D eigenvalue weighted by Crippen LogP contribution is -2.47. The number of Topliss-reactive ketones (excluding diaryl/α,β-unsaturated/α-hetero) is 1. The zero-order valence-electron chi connectivity index (χ0n) is 15.7. The van der Waals surface area contributed by atoms with Crippen molar-refractivity contribution >= 4 is 23.7 Å². The van der Waals surface area contributed by atoms with Crippen LogP contribution in [0.4, 0.5) is 10.1 Å². The Morgan fingerprint density at radius 3 is 2.63 bits per heavy atom. The summed E-state index contributed by atoms with van der Waals surface area (Å²) in [5.41, 5.74) is 0.942. The van der Waals surface area contributed by atoms with Gasteiger partial charge in [0.2, 0.25) is 0 Å². The maximum absolute atomic E-state index is 14.4. The van der Waals surface area contributed by atoms with Crippen LogP contribution in [0, 0.1) is 17.5 Å². The van der Waals surface area contributed by atoms with Gasteiger partial charge in [0.15, 0.2) is 10.6 Å². The van der Waals surface area contributed by atoms with E-state index < -0.39 is 0 Å². The van der Waals surface area contributed by atoms with Crippen molar-refractivity contribution in [1.29, 1.82) is 0 Å². The maximum Gasteiger partial charge on any atom is 0.199 e. The molecule has 3 rings (SSSR count). The van der Waals surface area contributed by atoms with Crippen LogP contribution in [0.2, 0.25) is 0 Å². The summed E-state index contributed by atoms with van der Waals surface area (Å²) >= 11 is 5.50. The molecule has 2 aromatic rings. The average molecular weight is 390 g/mol. The van der Waals surface area contributed by atoms with Crippen LogP contribution in [0.5, 0.6) is 0 Å². The minimum absolute atomic E-state index is 0.131. The summed E-state index contributed by atoms with van der Waals surface area (Å²) in [6, 6.07) is 4.69. The van der Waals surface area contributed by atoms with Crippen molar-refractivity contribution in [2.75, 3.05) is 31.1 Å². The highest BCUT2D eigenvalue weighted by atomic mass is 32.1. The number of benzene rings is 1. The molecule has 0 aliphatic carbocycles. The van der Waals surface area contributed by atoms with Crippen LogP contribution in [-0.4, -0.2) is 51.2 Å². The van der Waals surface area contributed by atoms with Crippen molar-refractivity contribution < 1.29 is 9.18 Å². The summed E-state index contributed by atoms with van der Waals surface area (Å²) in [5.74, 6) is 0.386. The highest BCUT2D eigenvalue weighted by Gasteiger charge is 2.21. The number of rotatable bonds is 6. The molecule has 27 heavy (non-hydrogen) atoms. The molecule has 1 aliphatic rings. The molecule has 6 nitrogen and oxygen atoms in total. The molecule has 2 heterocycles. The Hall–Kier alpha value is -2.32. The molecule has 0 radical (unpaired) electrons. The molecule has 0 atom stereocenters. The van der Waals surface area contributed by atoms with Gasteiger partial charge in [-0.3, -0.25) is 9.69 Å². The molecule has 0 unspecified atom stereocenters. The van der Waals surface area contributed by atoms with E-state index in [0.29, 0.717) is 42.3 Å². The second kappa shape index (κ2) is 8.14. The predicted octanol–water partition coefficient (Wildman–Crippen LogP) is 3.03. The number of halogens is 1. The van der Waals surface area contributed by atoms with Crippen LogP contribution in [0.15, 0.2) is 30.9 Å². The van der Waals surface area contributed by atoms with Crippen LogP contribution < -0.4 is 4.90 Å². The van der Waals surface area contributed by atoms with Crippen molar-refractivity contribution in [3.8, 4) is 0 Å². The number of aryl methyl sites for hydroxylation is 1. The highest BCUT2D eigenvalue weighted by Crippen LogP contribution is 2.22. The summed E-state index contributed by atoms with van der Waals surface area (Å²) in [5, 5.41) is 4.52. The second-order valence-electron chi connectivity index (χ2n) is 6.70. The van der Waals surface area contributed by atoms with Gasteiger partial charge in [0.25, 0.3) is 0 Å². The minimum atomic E-state index is -0.350. The normalized spacial score (nSPS) is 15.1. The molecule has 0 saturated carbocycles. The van der Waals surface area contributed by atoms with E-state index in [2.05, 4.69) is 16.6 Å². The number of carbonyl (C=O) groups excluding carboxylic acids is 1. The highest BCUT2D eigenvalue weighted by molar-refractivity contribution is 7.71. The Kier molecular flexibility index (Phi) is 5.86. The van der Waals surface area contributed by atoms with Gasteiger partial charge in [-0.25, -0.2) is 9.07 Å². The van der Waals surface area contributed by atoms with E-state index in [1.807, 2.05) is 21.1 Å². The zero-order valence-corrected chi connectivity index (χ0v) is 16.5. The summed E-state index contributed by atoms with van der Waals surface area (Å²) in [6.45, 7) is 11.4. The first kappa shape index (κ1) is 19.4. The van der Waals surface area contributed by atoms with Gasteiger partial charge in [-0.05, 0) is 44.3 Å². The Morgan fingerprint density at radius 1 is 1.33 bits per heavy atom. The molecular formula is C19H24FN5OS. The lowest BCUT2D eigenvalue weighted by molar-refractivity contribution is 0.101. The Bertz CT molecular complexity index is 911. The van der Waals surface area contributed by atoms with Gasteiger partial charge >= 0.3 is 0 Å². The van der Waals surface area contributed by atoms with Crippen LogP contribution in [0.25, 0.3) is 0 Å². The Morgan fingerprint density at radius 2 is 2.04 bits per heavy atom. The first-order valence-electron chi connectivity index (χ1n) is 8.93. The lowest BCUT2D eigenvalue weighted by atomic mass is 10.1. The molecule has 1 aliphatic heterocycles. The summed E-state index contributed by atoms with van der Waals surface area (Å²) in [7, 11) is 0. The number of carbonyl (C=O) groups is 1. The first-order valence-corrected chi connectivity index (χ1v) is 9.34. The van der Waals surface area contributed by atoms with Gasteiger partial charge in [0.1, 0.15) is 11.6 Å². The molecule has 1 aromatic heterocycles. The fraction of sp³-hybridized carbons (Fsp3) is 0.421. The quantitative estimate of drug-likeness (QED) is 0.432. The predicted molar refractivity (Wildman–Crippen MR) is 106 cm³/mol. The smallest absolute Gasteiger partial charge is 0.199 e. The zero-order chi connectivity index (χ0) is 19.6. The van der Waals surface area contributed by atoms with E-state index in [0.717, 1.165) is 18.9 Å². The van der Waals surface area contributed by atoms with Crippen LogP contribution >= 0.6 is 12.2 Å². The topological polar surface area (TPSA) is 46.3 Å². The van der Waals surface area contributed by atoms with Gasteiger partial charge in [0, 0.05) is 38.3 Å². The Labute approximate surface area is 163 Å². The number of nitrogens with zero attached hydrogens (tertiary/aromatic N) is 5. The molecule has 144 valence electrons. The standard InChI is InChI=1S/C19H24FN5OS/c1-4-7-24-15(3)21-25(19(24)27)13-22-8-10-23(11-9-22)18-6-5-16(14(2)26)12-17(18)20/h4-6,12H,1,7-11,13H2,2-3H3. The van der Waals surface area contributed by atoms with Gasteiger partial charge < -0.3 is 9.47 Å². The van der Waals surface area contributed by atoms with Crippen molar-refractivity contribution in [2.24, 2.45) is 0 Å². The maximum atomic E-state index is 14.4. The number of piperazine rings is 1. The number of allylic oxidation sites excluding steroid dienone is 1. The van der Waals surface area contributed by atoms with E-state index in [4.69, 9.17) is 12.2 Å². The summed E-state index contributed by atoms with van der Waals surface area (Å²) in [6.07, 6.45) is 1.81. The lowest BCUT2D eigenvalue weighted by Gasteiger charge is -2.36. The monoisotopic (exact) mass is 389 g/mol. The molecule has 0 bridgehead atoms. The Balaban J connectivity index is 1.64. The number of hydrogen-bond acceptors (Lipinski definition) is 5. The molecule has 0 spiro atoms. The number of ketones is 1. The van der Waals surface area contributed by atoms with Gasteiger partial charge in [-0.2, -0.15) is 5.10 Å². The molecule has 8 heteroatoms. The molecule has 1 fully saturated rings. The number of hydrogen-bond donors (Lipinski definition) is 0. The average Bonchev–Trinajstić information content (AvgIpc) is 2.90. The van der Waals surface area contributed by atoms with Crippen molar-refractivity contribution in [2.45, 2.75) is 27.1 Å². The summed E-state index contributed by atoms with van der Waals surface area (Å²) in [4.78, 5) is 15.6. The second-order valence-corrected chi connectivity index (χ2v) is 7.06. The third-order valence-corrected chi connectivity index (χ3v) is 5.25. The van der Waals surface area contributed by atoms with Gasteiger partial charge in [0.05, 0.1) is 12.4 Å². The molecule has 1 aromatic carbocycles. The van der Waals surface area contributed by atoms with Crippen LogP contribution in [0.3, 0.4) is 0 Å². The number of aromatic nitrogens is 3.